The first-order valence-corrected chi connectivity index (χ1v) is 7.81. The number of H-pyrrole nitrogens is 1. The molecule has 0 saturated heterocycles. The predicted octanol–water partition coefficient (Wildman–Crippen LogP) is 3.92. The summed E-state index contributed by atoms with van der Waals surface area (Å²) in [5.74, 6) is -1.11. The third kappa shape index (κ3) is 3.57. The van der Waals surface area contributed by atoms with Crippen molar-refractivity contribution < 1.29 is 19.1 Å². The van der Waals surface area contributed by atoms with Gasteiger partial charge in [0.2, 0.25) is 5.78 Å². The number of aromatic amines is 1. The zero-order valence-electron chi connectivity index (χ0n) is 13.9. The van der Waals surface area contributed by atoms with Crippen LogP contribution in [0.15, 0.2) is 24.3 Å². The summed E-state index contributed by atoms with van der Waals surface area (Å²) in [6.07, 6.45) is -0.982. The highest BCUT2D eigenvalue weighted by atomic mass is 35.5. The van der Waals surface area contributed by atoms with Crippen molar-refractivity contribution in [3.8, 4) is 0 Å². The number of aryl methyl sites for hydroxylation is 1. The third-order valence-corrected chi connectivity index (χ3v) is 4.02. The molecular weight excluding hydrogens is 330 g/mol. The maximum Gasteiger partial charge on any atom is 0.338 e. The van der Waals surface area contributed by atoms with Crippen molar-refractivity contribution in [2.45, 2.75) is 33.8 Å². The molecule has 0 spiro atoms. The lowest BCUT2D eigenvalue weighted by molar-refractivity contribution is 0.0317. The number of halogens is 1. The normalized spacial score (nSPS) is 11.9. The van der Waals surface area contributed by atoms with Crippen molar-refractivity contribution in [2.75, 3.05) is 0 Å². The van der Waals surface area contributed by atoms with Crippen LogP contribution >= 0.6 is 11.6 Å². The first kappa shape index (κ1) is 17.9. The molecule has 1 N–H and O–H groups in total. The second kappa shape index (κ2) is 7.01. The van der Waals surface area contributed by atoms with Crippen molar-refractivity contribution in [3.63, 3.8) is 0 Å². The lowest BCUT2D eigenvalue weighted by Gasteiger charge is -2.12. The minimum Gasteiger partial charge on any atom is -0.451 e. The topological polar surface area (TPSA) is 76.2 Å². The number of rotatable bonds is 5. The Morgan fingerprint density at radius 1 is 1.12 bits per heavy atom. The summed E-state index contributed by atoms with van der Waals surface area (Å²) in [5, 5.41) is 0.505. The standard InChI is InChI=1S/C18H18ClNO4/c1-9-15(11(3)21)10(2)20-16(9)17(22)12(4)24-18(23)13-5-7-14(19)8-6-13/h5-8,12,20H,1-4H3/t12-/m0/s1. The van der Waals surface area contributed by atoms with E-state index in [-0.39, 0.29) is 17.3 Å². The largest absolute Gasteiger partial charge is 0.451 e. The quantitative estimate of drug-likeness (QED) is 0.657. The van der Waals surface area contributed by atoms with E-state index in [9.17, 15) is 14.4 Å². The van der Waals surface area contributed by atoms with E-state index in [2.05, 4.69) is 4.98 Å². The van der Waals surface area contributed by atoms with Crippen LogP contribution in [0.2, 0.25) is 5.02 Å². The van der Waals surface area contributed by atoms with Crippen molar-refractivity contribution in [1.82, 2.24) is 4.98 Å². The molecule has 0 unspecified atom stereocenters. The highest BCUT2D eigenvalue weighted by Gasteiger charge is 2.26. The molecule has 0 aliphatic rings. The van der Waals surface area contributed by atoms with Crippen molar-refractivity contribution >= 4 is 29.1 Å². The first-order valence-electron chi connectivity index (χ1n) is 7.43. The second-order valence-electron chi connectivity index (χ2n) is 5.60. The molecule has 0 radical (unpaired) electrons. The number of ether oxygens (including phenoxy) is 1. The van der Waals surface area contributed by atoms with Gasteiger partial charge in [-0.1, -0.05) is 11.6 Å². The van der Waals surface area contributed by atoms with Gasteiger partial charge in [-0.25, -0.2) is 4.79 Å². The molecule has 0 aliphatic carbocycles. The van der Waals surface area contributed by atoms with E-state index in [0.717, 1.165) is 0 Å². The van der Waals surface area contributed by atoms with E-state index in [1.807, 2.05) is 0 Å². The molecule has 0 aliphatic heterocycles. The Labute approximate surface area is 145 Å². The van der Waals surface area contributed by atoms with Crippen LogP contribution in [0.4, 0.5) is 0 Å². The molecule has 2 rings (SSSR count). The molecule has 0 bridgehead atoms. The number of nitrogens with one attached hydrogen (secondary N) is 1. The van der Waals surface area contributed by atoms with Gasteiger partial charge in [-0.15, -0.1) is 0 Å². The van der Waals surface area contributed by atoms with Crippen LogP contribution in [0.5, 0.6) is 0 Å². The molecule has 1 heterocycles. The fraction of sp³-hybridized carbons (Fsp3) is 0.278. The summed E-state index contributed by atoms with van der Waals surface area (Å²) in [7, 11) is 0. The van der Waals surface area contributed by atoms with Crippen molar-refractivity contribution in [2.24, 2.45) is 0 Å². The minimum atomic E-state index is -0.982. The Kier molecular flexibility index (Phi) is 5.24. The van der Waals surface area contributed by atoms with E-state index in [4.69, 9.17) is 16.3 Å². The summed E-state index contributed by atoms with van der Waals surface area (Å²) in [6.45, 7) is 6.37. The van der Waals surface area contributed by atoms with Crippen molar-refractivity contribution in [1.29, 1.82) is 0 Å². The van der Waals surface area contributed by atoms with E-state index >= 15 is 0 Å². The van der Waals surface area contributed by atoms with Gasteiger partial charge >= 0.3 is 5.97 Å². The Balaban J connectivity index is 2.18. The summed E-state index contributed by atoms with van der Waals surface area (Å²) in [4.78, 5) is 39.2. The number of aromatic nitrogens is 1. The highest BCUT2D eigenvalue weighted by molar-refractivity contribution is 6.30. The lowest BCUT2D eigenvalue weighted by atomic mass is 10.0. The van der Waals surface area contributed by atoms with Crippen LogP contribution in [0.3, 0.4) is 0 Å². The SMILES string of the molecule is CC(=O)c1c(C)[nH]c(C(=O)[C@H](C)OC(=O)c2ccc(Cl)cc2)c1C. The van der Waals surface area contributed by atoms with Gasteiger partial charge in [0.15, 0.2) is 11.9 Å². The molecular formula is C18H18ClNO4. The van der Waals surface area contributed by atoms with Crippen LogP contribution in [0.1, 0.15) is 56.3 Å². The third-order valence-electron chi connectivity index (χ3n) is 3.77. The van der Waals surface area contributed by atoms with Crippen LogP contribution in [0.25, 0.3) is 0 Å². The fourth-order valence-corrected chi connectivity index (χ4v) is 2.72. The number of Topliss-reactive ketones (excluding diaryl/α,β-unsaturated/α-hetero) is 2. The molecule has 24 heavy (non-hydrogen) atoms. The van der Waals surface area contributed by atoms with Crippen LogP contribution < -0.4 is 0 Å². The molecule has 126 valence electrons. The molecule has 0 amide bonds. The zero-order valence-corrected chi connectivity index (χ0v) is 14.7. The number of esters is 1. The smallest absolute Gasteiger partial charge is 0.338 e. The number of carbonyl (C=O) groups excluding carboxylic acids is 3. The number of hydrogen-bond donors (Lipinski definition) is 1. The monoisotopic (exact) mass is 347 g/mol. The average Bonchev–Trinajstić information content (AvgIpc) is 2.81. The van der Waals surface area contributed by atoms with Gasteiger partial charge < -0.3 is 9.72 Å². The van der Waals surface area contributed by atoms with E-state index < -0.39 is 12.1 Å². The highest BCUT2D eigenvalue weighted by Crippen LogP contribution is 2.21. The minimum absolute atomic E-state index is 0.119. The summed E-state index contributed by atoms with van der Waals surface area (Å²) < 4.78 is 5.22. The summed E-state index contributed by atoms with van der Waals surface area (Å²) in [6, 6.07) is 6.20. The molecule has 1 aromatic carbocycles. The molecule has 0 saturated carbocycles. The first-order chi connectivity index (χ1) is 11.2. The van der Waals surface area contributed by atoms with Gasteiger partial charge in [0, 0.05) is 16.3 Å². The zero-order chi connectivity index (χ0) is 18.0. The molecule has 1 atom stereocenters. The molecule has 6 heteroatoms. The Morgan fingerprint density at radius 3 is 2.21 bits per heavy atom. The Morgan fingerprint density at radius 2 is 1.71 bits per heavy atom. The lowest BCUT2D eigenvalue weighted by Crippen LogP contribution is -2.25. The Bertz CT molecular complexity index is 805. The number of benzene rings is 1. The van der Waals surface area contributed by atoms with E-state index in [1.54, 1.807) is 26.0 Å². The van der Waals surface area contributed by atoms with Crippen molar-refractivity contribution in [3.05, 3.63) is 57.4 Å². The van der Waals surface area contributed by atoms with Crippen LogP contribution in [-0.4, -0.2) is 28.6 Å². The van der Waals surface area contributed by atoms with Gasteiger partial charge in [0.25, 0.3) is 0 Å². The van der Waals surface area contributed by atoms with Gasteiger partial charge in [0.05, 0.1) is 11.3 Å². The predicted molar refractivity (Wildman–Crippen MR) is 90.9 cm³/mol. The molecule has 5 nitrogen and oxygen atoms in total. The fourth-order valence-electron chi connectivity index (χ4n) is 2.60. The molecule has 2 aromatic rings. The molecule has 0 fully saturated rings. The van der Waals surface area contributed by atoms with Crippen LogP contribution in [0, 0.1) is 13.8 Å². The number of carbonyl (C=O) groups is 3. The Hall–Kier alpha value is -2.40. The van der Waals surface area contributed by atoms with Crippen LogP contribution in [-0.2, 0) is 4.74 Å². The molecule has 1 aromatic heterocycles. The van der Waals surface area contributed by atoms with E-state index in [0.29, 0.717) is 27.4 Å². The van der Waals surface area contributed by atoms with E-state index in [1.165, 1.54) is 26.0 Å². The number of hydrogen-bond acceptors (Lipinski definition) is 4. The van der Waals surface area contributed by atoms with Gasteiger partial charge in [-0.2, -0.15) is 0 Å². The second-order valence-corrected chi connectivity index (χ2v) is 6.04. The summed E-state index contributed by atoms with van der Waals surface area (Å²) in [5.41, 5.74) is 2.28. The average molecular weight is 348 g/mol. The maximum absolute atomic E-state index is 12.5. The number of ketones is 2. The summed E-state index contributed by atoms with van der Waals surface area (Å²) >= 11 is 5.77. The maximum atomic E-state index is 12.5. The van der Waals surface area contributed by atoms with Gasteiger partial charge in [-0.3, -0.25) is 9.59 Å². The van der Waals surface area contributed by atoms with Gasteiger partial charge in [-0.05, 0) is 57.5 Å². The van der Waals surface area contributed by atoms with Gasteiger partial charge in [0.1, 0.15) is 0 Å².